The quantitative estimate of drug-likeness (QED) is 0.837. The first kappa shape index (κ1) is 13.0. The third-order valence-electron chi connectivity index (χ3n) is 2.89. The number of carbonyl (C=O) groups is 1. The molecule has 0 aliphatic carbocycles. The third kappa shape index (κ3) is 2.87. The minimum absolute atomic E-state index is 0.179. The SMILES string of the molecule is Cc1nnc(NCCn2ccnc2)c(C(=O)O)c1C. The Balaban J connectivity index is 2.11. The second-order valence-electron chi connectivity index (χ2n) is 4.17. The van der Waals surface area contributed by atoms with Crippen LogP contribution in [0.25, 0.3) is 0 Å². The second kappa shape index (κ2) is 5.47. The molecule has 2 heterocycles. The predicted molar refractivity (Wildman–Crippen MR) is 69.2 cm³/mol. The Kier molecular flexibility index (Phi) is 3.74. The van der Waals surface area contributed by atoms with Gasteiger partial charge in [-0.25, -0.2) is 9.78 Å². The van der Waals surface area contributed by atoms with E-state index < -0.39 is 5.97 Å². The van der Waals surface area contributed by atoms with E-state index in [0.29, 0.717) is 30.2 Å². The lowest BCUT2D eigenvalue weighted by Crippen LogP contribution is -2.16. The van der Waals surface area contributed by atoms with E-state index in [1.807, 2.05) is 10.8 Å². The van der Waals surface area contributed by atoms with Crippen molar-refractivity contribution in [1.29, 1.82) is 0 Å². The van der Waals surface area contributed by atoms with Crippen LogP contribution in [0.4, 0.5) is 5.82 Å². The molecule has 7 nitrogen and oxygen atoms in total. The molecular weight excluding hydrogens is 246 g/mol. The van der Waals surface area contributed by atoms with Crippen molar-refractivity contribution in [3.63, 3.8) is 0 Å². The van der Waals surface area contributed by atoms with Gasteiger partial charge >= 0.3 is 5.97 Å². The van der Waals surface area contributed by atoms with Gasteiger partial charge in [-0.1, -0.05) is 0 Å². The Morgan fingerprint density at radius 1 is 1.42 bits per heavy atom. The summed E-state index contributed by atoms with van der Waals surface area (Å²) in [7, 11) is 0. The van der Waals surface area contributed by atoms with Gasteiger partial charge in [-0.3, -0.25) is 0 Å². The highest BCUT2D eigenvalue weighted by molar-refractivity contribution is 5.94. The fourth-order valence-electron chi connectivity index (χ4n) is 1.72. The average Bonchev–Trinajstić information content (AvgIpc) is 2.86. The third-order valence-corrected chi connectivity index (χ3v) is 2.89. The van der Waals surface area contributed by atoms with Crippen LogP contribution in [0.2, 0.25) is 0 Å². The maximum absolute atomic E-state index is 11.3. The van der Waals surface area contributed by atoms with Gasteiger partial charge in [0.05, 0.1) is 12.0 Å². The van der Waals surface area contributed by atoms with Crippen molar-refractivity contribution in [3.05, 3.63) is 35.5 Å². The zero-order chi connectivity index (χ0) is 13.8. The molecule has 0 amide bonds. The van der Waals surface area contributed by atoms with E-state index in [1.165, 1.54) is 0 Å². The minimum atomic E-state index is -0.999. The molecule has 0 atom stereocenters. The lowest BCUT2D eigenvalue weighted by molar-refractivity contribution is 0.0696. The zero-order valence-corrected chi connectivity index (χ0v) is 10.8. The Morgan fingerprint density at radius 3 is 2.84 bits per heavy atom. The average molecular weight is 261 g/mol. The van der Waals surface area contributed by atoms with Crippen LogP contribution in [-0.2, 0) is 6.54 Å². The Labute approximate surface area is 110 Å². The highest BCUT2D eigenvalue weighted by Gasteiger charge is 2.17. The van der Waals surface area contributed by atoms with E-state index >= 15 is 0 Å². The highest BCUT2D eigenvalue weighted by Crippen LogP contribution is 2.18. The lowest BCUT2D eigenvalue weighted by atomic mass is 10.1. The zero-order valence-electron chi connectivity index (χ0n) is 10.8. The summed E-state index contributed by atoms with van der Waals surface area (Å²) in [5, 5.41) is 20.1. The Hall–Kier alpha value is -2.44. The van der Waals surface area contributed by atoms with Crippen LogP contribution >= 0.6 is 0 Å². The number of imidazole rings is 1. The molecular formula is C12H15N5O2. The number of aromatic carboxylic acids is 1. The van der Waals surface area contributed by atoms with Gasteiger partial charge in [0.15, 0.2) is 5.82 Å². The van der Waals surface area contributed by atoms with Crippen molar-refractivity contribution in [3.8, 4) is 0 Å². The molecule has 0 bridgehead atoms. The van der Waals surface area contributed by atoms with Crippen molar-refractivity contribution in [1.82, 2.24) is 19.7 Å². The van der Waals surface area contributed by atoms with E-state index in [4.69, 9.17) is 0 Å². The molecule has 2 rings (SSSR count). The summed E-state index contributed by atoms with van der Waals surface area (Å²) in [5.74, 6) is -0.698. The van der Waals surface area contributed by atoms with Crippen molar-refractivity contribution >= 4 is 11.8 Å². The maximum Gasteiger partial charge on any atom is 0.339 e. The van der Waals surface area contributed by atoms with Gasteiger partial charge in [0, 0.05) is 25.5 Å². The van der Waals surface area contributed by atoms with Gasteiger partial charge in [0.2, 0.25) is 0 Å². The summed E-state index contributed by atoms with van der Waals surface area (Å²) in [6.45, 7) is 4.69. The molecule has 2 aromatic heterocycles. The largest absolute Gasteiger partial charge is 0.478 e. The molecule has 0 aliphatic rings. The van der Waals surface area contributed by atoms with Crippen molar-refractivity contribution in [2.45, 2.75) is 20.4 Å². The molecule has 19 heavy (non-hydrogen) atoms. The molecule has 0 spiro atoms. The first-order valence-electron chi connectivity index (χ1n) is 5.86. The number of anilines is 1. The summed E-state index contributed by atoms with van der Waals surface area (Å²) in [6.07, 6.45) is 5.23. The molecule has 2 N–H and O–H groups in total. The summed E-state index contributed by atoms with van der Waals surface area (Å²) >= 11 is 0. The van der Waals surface area contributed by atoms with Crippen LogP contribution < -0.4 is 5.32 Å². The topological polar surface area (TPSA) is 92.9 Å². The van der Waals surface area contributed by atoms with E-state index in [-0.39, 0.29) is 5.56 Å². The first-order valence-corrected chi connectivity index (χ1v) is 5.86. The number of aryl methyl sites for hydroxylation is 1. The van der Waals surface area contributed by atoms with Crippen LogP contribution in [-0.4, -0.2) is 37.4 Å². The van der Waals surface area contributed by atoms with Crippen molar-refractivity contribution in [2.75, 3.05) is 11.9 Å². The van der Waals surface area contributed by atoms with Crippen LogP contribution in [0.3, 0.4) is 0 Å². The molecule has 0 aliphatic heterocycles. The van der Waals surface area contributed by atoms with Crippen LogP contribution in [0, 0.1) is 13.8 Å². The van der Waals surface area contributed by atoms with Gasteiger partial charge in [0.25, 0.3) is 0 Å². The fraction of sp³-hybridized carbons (Fsp3) is 0.333. The monoisotopic (exact) mass is 261 g/mol. The molecule has 0 saturated heterocycles. The fourth-order valence-corrected chi connectivity index (χ4v) is 1.72. The number of carboxylic acid groups (broad SMARTS) is 1. The summed E-state index contributed by atoms with van der Waals surface area (Å²) < 4.78 is 1.89. The maximum atomic E-state index is 11.3. The van der Waals surface area contributed by atoms with Gasteiger partial charge in [0.1, 0.15) is 5.56 Å². The number of nitrogens with zero attached hydrogens (tertiary/aromatic N) is 4. The van der Waals surface area contributed by atoms with Gasteiger partial charge in [-0.05, 0) is 19.4 Å². The standard InChI is InChI=1S/C12H15N5O2/c1-8-9(2)15-16-11(10(8)12(18)19)14-4-6-17-5-3-13-7-17/h3,5,7H,4,6H2,1-2H3,(H,14,16)(H,18,19). The number of hydrogen-bond acceptors (Lipinski definition) is 5. The molecule has 2 aromatic rings. The summed E-state index contributed by atoms with van der Waals surface area (Å²) in [5.41, 5.74) is 1.43. The van der Waals surface area contributed by atoms with Crippen LogP contribution in [0.15, 0.2) is 18.7 Å². The van der Waals surface area contributed by atoms with Crippen molar-refractivity contribution in [2.24, 2.45) is 0 Å². The number of aromatic nitrogens is 4. The lowest BCUT2D eigenvalue weighted by Gasteiger charge is -2.11. The molecule has 0 fully saturated rings. The second-order valence-corrected chi connectivity index (χ2v) is 4.17. The van der Waals surface area contributed by atoms with E-state index in [9.17, 15) is 9.90 Å². The predicted octanol–water partition coefficient (Wildman–Crippen LogP) is 1.10. The molecule has 100 valence electrons. The molecule has 0 unspecified atom stereocenters. The number of rotatable bonds is 5. The molecule has 0 radical (unpaired) electrons. The van der Waals surface area contributed by atoms with E-state index in [2.05, 4.69) is 20.5 Å². The van der Waals surface area contributed by atoms with Crippen LogP contribution in [0.5, 0.6) is 0 Å². The first-order chi connectivity index (χ1) is 9.09. The van der Waals surface area contributed by atoms with E-state index in [1.54, 1.807) is 26.4 Å². The molecule has 0 aromatic carbocycles. The van der Waals surface area contributed by atoms with Crippen LogP contribution in [0.1, 0.15) is 21.6 Å². The summed E-state index contributed by atoms with van der Waals surface area (Å²) in [4.78, 5) is 15.2. The van der Waals surface area contributed by atoms with Gasteiger partial charge in [-0.2, -0.15) is 5.10 Å². The smallest absolute Gasteiger partial charge is 0.339 e. The normalized spacial score (nSPS) is 10.4. The van der Waals surface area contributed by atoms with Gasteiger partial charge in [-0.15, -0.1) is 5.10 Å². The Morgan fingerprint density at radius 2 is 2.21 bits per heavy atom. The molecule has 0 saturated carbocycles. The number of carboxylic acids is 1. The van der Waals surface area contributed by atoms with Crippen molar-refractivity contribution < 1.29 is 9.90 Å². The summed E-state index contributed by atoms with van der Waals surface area (Å²) in [6, 6.07) is 0. The minimum Gasteiger partial charge on any atom is -0.478 e. The van der Waals surface area contributed by atoms with Gasteiger partial charge < -0.3 is 15.0 Å². The highest BCUT2D eigenvalue weighted by atomic mass is 16.4. The van der Waals surface area contributed by atoms with E-state index in [0.717, 1.165) is 0 Å². The Bertz CT molecular complexity index is 580. The number of hydrogen-bond donors (Lipinski definition) is 2. The molecule has 7 heteroatoms. The number of nitrogens with one attached hydrogen (secondary N) is 1.